The summed E-state index contributed by atoms with van der Waals surface area (Å²) in [6.45, 7) is 1.93. The van der Waals surface area contributed by atoms with Gasteiger partial charge in [-0.1, -0.05) is 24.4 Å². The van der Waals surface area contributed by atoms with Crippen LogP contribution >= 0.6 is 11.6 Å². The fraction of sp³-hybridized carbons (Fsp3) is 0.500. The average molecular weight is 289 g/mol. The van der Waals surface area contributed by atoms with Crippen molar-refractivity contribution < 1.29 is 8.42 Å². The van der Waals surface area contributed by atoms with Crippen molar-refractivity contribution in [3.8, 4) is 0 Å². The van der Waals surface area contributed by atoms with Crippen LogP contribution in [0.15, 0.2) is 23.1 Å². The zero-order chi connectivity index (χ0) is 13.4. The van der Waals surface area contributed by atoms with E-state index < -0.39 is 10.0 Å². The molecule has 100 valence electrons. The standard InChI is InChI=1S/C12H17ClN2O2S/c1-12(6-2-3-7-12)15-18(16,17)11-5-4-9(13)8-10(11)14/h4-5,8,15H,2-3,6-7,14H2,1H3. The van der Waals surface area contributed by atoms with E-state index in [4.69, 9.17) is 17.3 Å². The van der Waals surface area contributed by atoms with Gasteiger partial charge < -0.3 is 5.73 Å². The summed E-state index contributed by atoms with van der Waals surface area (Å²) in [7, 11) is -3.58. The molecule has 1 fully saturated rings. The fourth-order valence-corrected chi connectivity index (χ4v) is 4.16. The van der Waals surface area contributed by atoms with Gasteiger partial charge in [-0.05, 0) is 38.0 Å². The van der Waals surface area contributed by atoms with Crippen LogP contribution in [0.3, 0.4) is 0 Å². The van der Waals surface area contributed by atoms with Gasteiger partial charge in [-0.25, -0.2) is 13.1 Å². The summed E-state index contributed by atoms with van der Waals surface area (Å²) in [4.78, 5) is 0.0972. The Morgan fingerprint density at radius 3 is 2.50 bits per heavy atom. The Morgan fingerprint density at radius 1 is 1.33 bits per heavy atom. The van der Waals surface area contributed by atoms with Crippen molar-refractivity contribution in [2.24, 2.45) is 0 Å². The summed E-state index contributed by atoms with van der Waals surface area (Å²) in [6.07, 6.45) is 3.82. The molecule has 0 aliphatic heterocycles. The Kier molecular flexibility index (Phi) is 3.58. The Labute approximate surface area is 113 Å². The van der Waals surface area contributed by atoms with Gasteiger partial charge in [-0.2, -0.15) is 0 Å². The van der Waals surface area contributed by atoms with E-state index in [0.717, 1.165) is 25.7 Å². The number of hydrogen-bond acceptors (Lipinski definition) is 3. The summed E-state index contributed by atoms with van der Waals surface area (Å²) in [5.74, 6) is 0. The molecular weight excluding hydrogens is 272 g/mol. The predicted octanol–water partition coefficient (Wildman–Crippen LogP) is 2.53. The summed E-state index contributed by atoms with van der Waals surface area (Å²) in [5.41, 5.74) is 5.54. The van der Waals surface area contributed by atoms with E-state index in [-0.39, 0.29) is 16.1 Å². The maximum absolute atomic E-state index is 12.3. The number of nitrogens with one attached hydrogen (secondary N) is 1. The van der Waals surface area contributed by atoms with E-state index in [1.165, 1.54) is 18.2 Å². The first-order valence-corrected chi connectivity index (χ1v) is 7.78. The van der Waals surface area contributed by atoms with Crippen LogP contribution < -0.4 is 10.5 Å². The highest BCUT2D eigenvalue weighted by Gasteiger charge is 2.34. The van der Waals surface area contributed by atoms with Crippen LogP contribution in [0.2, 0.25) is 5.02 Å². The maximum Gasteiger partial charge on any atom is 0.243 e. The number of nitrogen functional groups attached to an aromatic ring is 1. The molecule has 0 unspecified atom stereocenters. The highest BCUT2D eigenvalue weighted by Crippen LogP contribution is 2.31. The first-order valence-electron chi connectivity index (χ1n) is 5.91. The quantitative estimate of drug-likeness (QED) is 0.840. The van der Waals surface area contributed by atoms with Crippen molar-refractivity contribution in [1.29, 1.82) is 0 Å². The second-order valence-corrected chi connectivity index (χ2v) is 7.14. The van der Waals surface area contributed by atoms with Crippen molar-refractivity contribution in [3.05, 3.63) is 23.2 Å². The summed E-state index contributed by atoms with van der Waals surface area (Å²) in [5, 5.41) is 0.429. The van der Waals surface area contributed by atoms with E-state index in [2.05, 4.69) is 4.72 Å². The summed E-state index contributed by atoms with van der Waals surface area (Å²) < 4.78 is 27.3. The smallest absolute Gasteiger partial charge is 0.243 e. The van der Waals surface area contributed by atoms with Gasteiger partial charge in [-0.15, -0.1) is 0 Å². The van der Waals surface area contributed by atoms with Gasteiger partial charge in [0, 0.05) is 10.6 Å². The number of sulfonamides is 1. The van der Waals surface area contributed by atoms with Crippen LogP contribution in [0, 0.1) is 0 Å². The molecule has 1 aliphatic carbocycles. The van der Waals surface area contributed by atoms with Crippen LogP contribution in [0.5, 0.6) is 0 Å². The molecule has 0 spiro atoms. The van der Waals surface area contributed by atoms with Crippen molar-refractivity contribution in [3.63, 3.8) is 0 Å². The Balaban J connectivity index is 2.30. The largest absolute Gasteiger partial charge is 0.398 e. The van der Waals surface area contributed by atoms with E-state index in [1.54, 1.807) is 0 Å². The van der Waals surface area contributed by atoms with Crippen molar-refractivity contribution in [1.82, 2.24) is 4.72 Å². The Bertz CT molecular complexity index is 551. The lowest BCUT2D eigenvalue weighted by Crippen LogP contribution is -2.43. The van der Waals surface area contributed by atoms with Gasteiger partial charge in [0.1, 0.15) is 4.90 Å². The van der Waals surface area contributed by atoms with Gasteiger partial charge in [0.05, 0.1) is 5.69 Å². The molecule has 0 saturated heterocycles. The minimum atomic E-state index is -3.58. The molecule has 0 radical (unpaired) electrons. The fourth-order valence-electron chi connectivity index (χ4n) is 2.40. The first kappa shape index (κ1) is 13.6. The molecule has 1 aliphatic rings. The topological polar surface area (TPSA) is 72.2 Å². The summed E-state index contributed by atoms with van der Waals surface area (Å²) in [6, 6.07) is 4.43. The van der Waals surface area contributed by atoms with E-state index >= 15 is 0 Å². The number of nitrogens with two attached hydrogens (primary N) is 1. The molecule has 18 heavy (non-hydrogen) atoms. The number of rotatable bonds is 3. The molecule has 2 rings (SSSR count). The van der Waals surface area contributed by atoms with E-state index in [0.29, 0.717) is 5.02 Å². The molecule has 0 bridgehead atoms. The van der Waals surface area contributed by atoms with Crippen LogP contribution in [-0.2, 0) is 10.0 Å². The lowest BCUT2D eigenvalue weighted by atomic mass is 10.0. The minimum absolute atomic E-state index is 0.0972. The van der Waals surface area contributed by atoms with Crippen LogP contribution in [0.25, 0.3) is 0 Å². The number of benzene rings is 1. The second kappa shape index (κ2) is 4.72. The van der Waals surface area contributed by atoms with Gasteiger partial charge in [-0.3, -0.25) is 0 Å². The van der Waals surface area contributed by atoms with Gasteiger partial charge >= 0.3 is 0 Å². The van der Waals surface area contributed by atoms with E-state index in [1.807, 2.05) is 6.92 Å². The molecule has 1 saturated carbocycles. The van der Waals surface area contributed by atoms with Crippen molar-refractivity contribution in [2.45, 2.75) is 43.0 Å². The van der Waals surface area contributed by atoms with Crippen LogP contribution in [0.4, 0.5) is 5.69 Å². The molecule has 0 aromatic heterocycles. The third-order valence-electron chi connectivity index (χ3n) is 3.35. The molecular formula is C12H17ClN2O2S. The second-order valence-electron chi connectivity index (χ2n) is 5.06. The number of hydrogen-bond donors (Lipinski definition) is 2. The van der Waals surface area contributed by atoms with Crippen molar-refractivity contribution in [2.75, 3.05) is 5.73 Å². The zero-order valence-corrected chi connectivity index (χ0v) is 11.8. The predicted molar refractivity (Wildman–Crippen MR) is 73.1 cm³/mol. The van der Waals surface area contributed by atoms with Crippen molar-refractivity contribution >= 4 is 27.3 Å². The lowest BCUT2D eigenvalue weighted by molar-refractivity contribution is 0.427. The summed E-state index contributed by atoms with van der Waals surface area (Å²) >= 11 is 5.77. The Hall–Kier alpha value is -0.780. The minimum Gasteiger partial charge on any atom is -0.398 e. The maximum atomic E-state index is 12.3. The molecule has 4 nitrogen and oxygen atoms in total. The van der Waals surface area contributed by atoms with E-state index in [9.17, 15) is 8.42 Å². The normalized spacial score (nSPS) is 19.0. The molecule has 0 amide bonds. The lowest BCUT2D eigenvalue weighted by Gasteiger charge is -2.25. The molecule has 6 heteroatoms. The van der Waals surface area contributed by atoms with Crippen LogP contribution in [0.1, 0.15) is 32.6 Å². The third kappa shape index (κ3) is 2.79. The van der Waals surface area contributed by atoms with Gasteiger partial charge in [0.2, 0.25) is 10.0 Å². The molecule has 1 aromatic rings. The van der Waals surface area contributed by atoms with Crippen LogP contribution in [-0.4, -0.2) is 14.0 Å². The number of anilines is 1. The zero-order valence-electron chi connectivity index (χ0n) is 10.2. The molecule has 0 atom stereocenters. The molecule has 1 aromatic carbocycles. The highest BCUT2D eigenvalue weighted by molar-refractivity contribution is 7.89. The number of halogens is 1. The third-order valence-corrected chi connectivity index (χ3v) is 5.30. The van der Waals surface area contributed by atoms with Gasteiger partial charge in [0.15, 0.2) is 0 Å². The average Bonchev–Trinajstić information content (AvgIpc) is 2.62. The van der Waals surface area contributed by atoms with Gasteiger partial charge in [0.25, 0.3) is 0 Å². The monoisotopic (exact) mass is 288 g/mol. The molecule has 3 N–H and O–H groups in total. The first-order chi connectivity index (χ1) is 8.32. The SMILES string of the molecule is CC1(NS(=O)(=O)c2ccc(Cl)cc2N)CCCC1. The Morgan fingerprint density at radius 2 is 1.94 bits per heavy atom. The molecule has 0 heterocycles. The highest BCUT2D eigenvalue weighted by atomic mass is 35.5.